The molecule has 2 aromatic heterocycles. The van der Waals surface area contributed by atoms with E-state index in [-0.39, 0.29) is 24.3 Å². The lowest BCUT2D eigenvalue weighted by molar-refractivity contribution is -0.139. The number of amides is 2. The minimum absolute atomic E-state index is 0.0172. The number of H-pyrrole nitrogens is 1. The highest BCUT2D eigenvalue weighted by Gasteiger charge is 2.24. The molecule has 0 bridgehead atoms. The fourth-order valence-corrected chi connectivity index (χ4v) is 4.53. The van der Waals surface area contributed by atoms with Gasteiger partial charge in [-0.3, -0.25) is 14.4 Å². The number of thiophene rings is 1. The molecule has 1 aromatic carbocycles. The number of benzene rings is 1. The Kier molecular flexibility index (Phi) is 8.13. The lowest BCUT2D eigenvalue weighted by Crippen LogP contribution is -2.43. The molecule has 0 unspecified atom stereocenters. The number of aliphatic carboxylic acids is 1. The lowest BCUT2D eigenvalue weighted by atomic mass is 10.1. The number of anilines is 1. The van der Waals surface area contributed by atoms with Crippen LogP contribution in [0.15, 0.2) is 35.1 Å². The first kappa shape index (κ1) is 26.9. The zero-order valence-corrected chi connectivity index (χ0v) is 21.8. The minimum Gasteiger partial charge on any atom is -0.480 e. The Balaban J connectivity index is 1.64. The predicted octanol–water partition coefficient (Wildman–Crippen LogP) is 2.81. The van der Waals surface area contributed by atoms with Gasteiger partial charge >= 0.3 is 5.97 Å². The minimum atomic E-state index is -1.20. The molecular formula is C25H31N5O5S. The molecule has 0 radical (unpaired) electrons. The predicted molar refractivity (Wildman–Crippen MR) is 140 cm³/mol. The molecule has 0 aliphatic heterocycles. The van der Waals surface area contributed by atoms with E-state index in [2.05, 4.69) is 20.6 Å². The molecule has 0 aliphatic rings. The molecule has 2 amide bonds. The summed E-state index contributed by atoms with van der Waals surface area (Å²) in [6.45, 7) is 7.74. The summed E-state index contributed by atoms with van der Waals surface area (Å²) in [7, 11) is 1.86. The smallest absolute Gasteiger partial charge is 0.326 e. The number of aromatic amines is 1. The molecule has 0 fully saturated rings. The van der Waals surface area contributed by atoms with Gasteiger partial charge in [0.05, 0.1) is 20.8 Å². The number of carboxylic acid groups (broad SMARTS) is 1. The van der Waals surface area contributed by atoms with Crippen molar-refractivity contribution in [3.05, 3.63) is 57.0 Å². The Morgan fingerprint density at radius 1 is 1.19 bits per heavy atom. The van der Waals surface area contributed by atoms with E-state index in [0.717, 1.165) is 16.1 Å². The van der Waals surface area contributed by atoms with Gasteiger partial charge in [0.25, 0.3) is 11.5 Å². The molecule has 11 heteroatoms. The second-order valence-corrected chi connectivity index (χ2v) is 10.8. The van der Waals surface area contributed by atoms with E-state index < -0.39 is 23.5 Å². The Bertz CT molecular complexity index is 1340. The van der Waals surface area contributed by atoms with Crippen molar-refractivity contribution in [2.24, 2.45) is 0 Å². The summed E-state index contributed by atoms with van der Waals surface area (Å²) in [4.78, 5) is 57.9. The van der Waals surface area contributed by atoms with Crippen LogP contribution in [0.4, 0.5) is 5.00 Å². The third kappa shape index (κ3) is 7.14. The molecule has 0 spiro atoms. The molecule has 0 aliphatic carbocycles. The zero-order chi connectivity index (χ0) is 26.6. The summed E-state index contributed by atoms with van der Waals surface area (Å²) >= 11 is 1.22. The third-order valence-corrected chi connectivity index (χ3v) is 6.49. The number of rotatable bonds is 9. The van der Waals surface area contributed by atoms with E-state index in [0.29, 0.717) is 22.6 Å². The van der Waals surface area contributed by atoms with Crippen LogP contribution in [-0.4, -0.2) is 51.5 Å². The average Bonchev–Trinajstić information content (AvgIpc) is 3.26. The normalized spacial score (nSPS) is 12.2. The summed E-state index contributed by atoms with van der Waals surface area (Å²) in [6, 6.07) is 7.79. The monoisotopic (exact) mass is 513 g/mol. The van der Waals surface area contributed by atoms with Gasteiger partial charge in [0.2, 0.25) is 5.91 Å². The molecule has 3 rings (SSSR count). The van der Waals surface area contributed by atoms with Crippen LogP contribution in [0.3, 0.4) is 0 Å². The number of carboxylic acids is 1. The van der Waals surface area contributed by atoms with Crippen LogP contribution in [0.5, 0.6) is 0 Å². The van der Waals surface area contributed by atoms with Crippen molar-refractivity contribution in [2.45, 2.75) is 58.7 Å². The number of aromatic nitrogens is 2. The Labute approximate surface area is 212 Å². The molecule has 2 heterocycles. The summed E-state index contributed by atoms with van der Waals surface area (Å²) in [5.41, 5.74) is 0.916. The van der Waals surface area contributed by atoms with E-state index in [1.54, 1.807) is 25.1 Å². The number of hydrogen-bond donors (Lipinski definition) is 4. The van der Waals surface area contributed by atoms with Crippen LogP contribution in [0.2, 0.25) is 0 Å². The maximum atomic E-state index is 12.7. The van der Waals surface area contributed by atoms with Crippen molar-refractivity contribution in [3.8, 4) is 0 Å². The molecule has 1 atom stereocenters. The molecule has 3 aromatic rings. The number of carbonyl (C=O) groups is 3. The van der Waals surface area contributed by atoms with Crippen molar-refractivity contribution in [1.82, 2.24) is 20.6 Å². The first-order chi connectivity index (χ1) is 16.8. The fourth-order valence-electron chi connectivity index (χ4n) is 3.66. The molecule has 4 N–H and O–H groups in total. The third-order valence-electron chi connectivity index (χ3n) is 5.29. The maximum absolute atomic E-state index is 12.7. The number of hydrogen-bond acceptors (Lipinski definition) is 7. The molecule has 36 heavy (non-hydrogen) atoms. The first-order valence-corrected chi connectivity index (χ1v) is 12.3. The topological polar surface area (TPSA) is 144 Å². The quantitative estimate of drug-likeness (QED) is 0.344. The highest BCUT2D eigenvalue weighted by atomic mass is 32.1. The SMILES string of the molecule is Cc1nc(=O)c2cc(CN(C)c3ccc(C(=O)N[C@@H](CCC(=O)NC(C)(C)C)C(=O)O)s3)ccc2[nH]1. The summed E-state index contributed by atoms with van der Waals surface area (Å²) in [6.07, 6.45) is -0.0345. The van der Waals surface area contributed by atoms with Gasteiger partial charge in [0, 0.05) is 25.6 Å². The van der Waals surface area contributed by atoms with Gasteiger partial charge in [0.15, 0.2) is 0 Å². The highest BCUT2D eigenvalue weighted by Crippen LogP contribution is 2.27. The maximum Gasteiger partial charge on any atom is 0.326 e. The van der Waals surface area contributed by atoms with Gasteiger partial charge in [-0.25, -0.2) is 4.79 Å². The lowest BCUT2D eigenvalue weighted by Gasteiger charge is -2.21. The van der Waals surface area contributed by atoms with Crippen molar-refractivity contribution < 1.29 is 19.5 Å². The van der Waals surface area contributed by atoms with Crippen LogP contribution in [-0.2, 0) is 16.1 Å². The summed E-state index contributed by atoms with van der Waals surface area (Å²) in [5, 5.41) is 16.1. The Morgan fingerprint density at radius 3 is 2.58 bits per heavy atom. The van der Waals surface area contributed by atoms with Crippen LogP contribution >= 0.6 is 11.3 Å². The number of fused-ring (bicyclic) bond motifs is 1. The van der Waals surface area contributed by atoms with Crippen LogP contribution in [0.25, 0.3) is 10.9 Å². The van der Waals surface area contributed by atoms with Gasteiger partial charge in [-0.15, -0.1) is 11.3 Å². The van der Waals surface area contributed by atoms with Crippen LogP contribution < -0.4 is 21.1 Å². The van der Waals surface area contributed by atoms with Crippen molar-refractivity contribution in [3.63, 3.8) is 0 Å². The van der Waals surface area contributed by atoms with E-state index in [1.165, 1.54) is 11.3 Å². The highest BCUT2D eigenvalue weighted by molar-refractivity contribution is 7.18. The van der Waals surface area contributed by atoms with Gasteiger partial charge in [-0.2, -0.15) is 4.98 Å². The molecular weight excluding hydrogens is 482 g/mol. The van der Waals surface area contributed by atoms with Crippen molar-refractivity contribution in [2.75, 3.05) is 11.9 Å². The Morgan fingerprint density at radius 2 is 1.92 bits per heavy atom. The Hall–Kier alpha value is -3.73. The van der Waals surface area contributed by atoms with Gasteiger partial charge in [0.1, 0.15) is 11.9 Å². The average molecular weight is 514 g/mol. The second kappa shape index (κ2) is 10.9. The molecule has 10 nitrogen and oxygen atoms in total. The second-order valence-electron chi connectivity index (χ2n) is 9.70. The number of aryl methyl sites for hydroxylation is 1. The summed E-state index contributed by atoms with van der Waals surface area (Å²) < 4.78 is 0. The fraction of sp³-hybridized carbons (Fsp3) is 0.400. The number of carbonyl (C=O) groups excluding carboxylic acids is 2. The standard InChI is InChI=1S/C25H31N5O5S/c1-14-26-17-7-6-15(12-16(17)22(32)27-14)13-30(5)21-11-9-19(36-21)23(33)28-18(24(34)35)8-10-20(31)29-25(2,3)4/h6-7,9,11-12,18H,8,10,13H2,1-5H3,(H,28,33)(H,29,31)(H,34,35)(H,26,27,32)/t18-/m0/s1. The number of nitrogens with zero attached hydrogens (tertiary/aromatic N) is 2. The summed E-state index contributed by atoms with van der Waals surface area (Å²) in [5.74, 6) is -1.43. The first-order valence-electron chi connectivity index (χ1n) is 11.5. The van der Waals surface area contributed by atoms with Crippen LogP contribution in [0, 0.1) is 6.92 Å². The van der Waals surface area contributed by atoms with Crippen LogP contribution in [0.1, 0.15) is 54.7 Å². The molecule has 0 saturated heterocycles. The molecule has 192 valence electrons. The molecule has 0 saturated carbocycles. The van der Waals surface area contributed by atoms with Gasteiger partial charge < -0.3 is 25.6 Å². The number of nitrogens with one attached hydrogen (secondary N) is 3. The van der Waals surface area contributed by atoms with Crippen molar-refractivity contribution in [1.29, 1.82) is 0 Å². The van der Waals surface area contributed by atoms with Crippen molar-refractivity contribution >= 4 is 45.0 Å². The van der Waals surface area contributed by atoms with Gasteiger partial charge in [-0.1, -0.05) is 6.07 Å². The van der Waals surface area contributed by atoms with E-state index in [9.17, 15) is 24.3 Å². The largest absolute Gasteiger partial charge is 0.480 e. The van der Waals surface area contributed by atoms with E-state index in [1.807, 2.05) is 44.9 Å². The van der Waals surface area contributed by atoms with Gasteiger partial charge in [-0.05, 0) is 63.9 Å². The zero-order valence-electron chi connectivity index (χ0n) is 21.0. The van der Waals surface area contributed by atoms with E-state index >= 15 is 0 Å². The van der Waals surface area contributed by atoms with E-state index in [4.69, 9.17) is 0 Å².